The summed E-state index contributed by atoms with van der Waals surface area (Å²) in [6.45, 7) is 2.86. The summed E-state index contributed by atoms with van der Waals surface area (Å²) in [7, 11) is 1.60. The van der Waals surface area contributed by atoms with E-state index in [1.165, 1.54) is 0 Å². The molecule has 0 aliphatic heterocycles. The van der Waals surface area contributed by atoms with E-state index in [4.69, 9.17) is 9.26 Å². The first-order valence-electron chi connectivity index (χ1n) is 9.37. The van der Waals surface area contributed by atoms with E-state index in [2.05, 4.69) is 15.5 Å². The van der Waals surface area contributed by atoms with Crippen LogP contribution in [0.2, 0.25) is 0 Å². The standard InChI is InChI=1S/C23H21N3O3/c1-15-8-10-17(11-9-15)21-20-18(22(27)24-12-13-28-2)14-19(25-23(20)29-26-21)16-6-4-3-5-7-16/h3-11,14H,12-13H2,1-2H3,(H,24,27). The number of methoxy groups -OCH3 is 1. The van der Waals surface area contributed by atoms with Crippen molar-refractivity contribution in [1.82, 2.24) is 15.5 Å². The predicted octanol–water partition coefficient (Wildman–Crippen LogP) is 4.24. The number of amides is 1. The molecule has 2 aromatic heterocycles. The van der Waals surface area contributed by atoms with Gasteiger partial charge in [-0.1, -0.05) is 65.3 Å². The van der Waals surface area contributed by atoms with Crippen molar-refractivity contribution in [3.8, 4) is 22.5 Å². The van der Waals surface area contributed by atoms with Crippen LogP contribution in [0.3, 0.4) is 0 Å². The maximum atomic E-state index is 13.0. The van der Waals surface area contributed by atoms with Crippen molar-refractivity contribution < 1.29 is 14.1 Å². The molecule has 0 aliphatic carbocycles. The van der Waals surface area contributed by atoms with Gasteiger partial charge in [-0.25, -0.2) is 4.98 Å². The summed E-state index contributed by atoms with van der Waals surface area (Å²) in [6, 6.07) is 19.4. The van der Waals surface area contributed by atoms with Gasteiger partial charge in [-0.05, 0) is 13.0 Å². The first-order chi connectivity index (χ1) is 14.2. The molecule has 29 heavy (non-hydrogen) atoms. The number of pyridine rings is 1. The van der Waals surface area contributed by atoms with Crippen molar-refractivity contribution in [2.45, 2.75) is 6.92 Å². The molecular formula is C23H21N3O3. The number of nitrogens with one attached hydrogen (secondary N) is 1. The Kier molecular flexibility index (Phi) is 5.35. The lowest BCUT2D eigenvalue weighted by Crippen LogP contribution is -2.27. The van der Waals surface area contributed by atoms with Crippen LogP contribution in [0.15, 0.2) is 65.2 Å². The SMILES string of the molecule is COCCNC(=O)c1cc(-c2ccccc2)nc2onc(-c3ccc(C)cc3)c12. The van der Waals surface area contributed by atoms with Gasteiger partial charge in [0.05, 0.1) is 23.3 Å². The summed E-state index contributed by atoms with van der Waals surface area (Å²) in [5.41, 5.74) is 4.97. The van der Waals surface area contributed by atoms with Crippen molar-refractivity contribution >= 4 is 17.0 Å². The number of aryl methyl sites for hydroxylation is 1. The van der Waals surface area contributed by atoms with E-state index in [1.807, 2.05) is 61.5 Å². The fraction of sp³-hybridized carbons (Fsp3) is 0.174. The number of hydrogen-bond acceptors (Lipinski definition) is 5. The summed E-state index contributed by atoms with van der Waals surface area (Å²) >= 11 is 0. The number of nitrogens with zero attached hydrogens (tertiary/aromatic N) is 2. The highest BCUT2D eigenvalue weighted by molar-refractivity contribution is 6.10. The molecule has 1 N–H and O–H groups in total. The Morgan fingerprint density at radius 1 is 1.07 bits per heavy atom. The molecule has 2 aromatic carbocycles. The molecule has 4 rings (SSSR count). The minimum absolute atomic E-state index is 0.219. The van der Waals surface area contributed by atoms with E-state index in [0.29, 0.717) is 41.2 Å². The minimum Gasteiger partial charge on any atom is -0.383 e. The predicted molar refractivity (Wildman–Crippen MR) is 112 cm³/mol. The van der Waals surface area contributed by atoms with Crippen LogP contribution in [0.4, 0.5) is 0 Å². The molecule has 2 heterocycles. The molecule has 6 nitrogen and oxygen atoms in total. The first kappa shape index (κ1) is 18.8. The second kappa shape index (κ2) is 8.24. The van der Waals surface area contributed by atoms with Gasteiger partial charge in [0.25, 0.3) is 11.6 Å². The third-order valence-corrected chi connectivity index (χ3v) is 4.68. The Labute approximate surface area is 168 Å². The third-order valence-electron chi connectivity index (χ3n) is 4.68. The molecule has 0 aliphatic rings. The number of benzene rings is 2. The molecule has 0 atom stereocenters. The number of carbonyl (C=O) groups excluding carboxylic acids is 1. The largest absolute Gasteiger partial charge is 0.383 e. The van der Waals surface area contributed by atoms with Crippen LogP contribution in [-0.2, 0) is 4.74 Å². The lowest BCUT2D eigenvalue weighted by molar-refractivity contribution is 0.0938. The Bertz CT molecular complexity index is 1140. The average Bonchev–Trinajstić information content (AvgIpc) is 3.18. The summed E-state index contributed by atoms with van der Waals surface area (Å²) < 4.78 is 10.6. The number of aromatic nitrogens is 2. The lowest BCUT2D eigenvalue weighted by Gasteiger charge is -2.09. The minimum atomic E-state index is -0.219. The van der Waals surface area contributed by atoms with Crippen molar-refractivity contribution in [3.05, 3.63) is 71.8 Å². The first-order valence-corrected chi connectivity index (χ1v) is 9.37. The summed E-state index contributed by atoms with van der Waals surface area (Å²) in [4.78, 5) is 17.6. The van der Waals surface area contributed by atoms with Gasteiger partial charge in [0, 0.05) is 24.8 Å². The maximum Gasteiger partial charge on any atom is 0.259 e. The number of ether oxygens (including phenoxy) is 1. The van der Waals surface area contributed by atoms with Crippen LogP contribution in [0, 0.1) is 6.92 Å². The molecule has 1 amide bonds. The Morgan fingerprint density at radius 2 is 1.83 bits per heavy atom. The van der Waals surface area contributed by atoms with Gasteiger partial charge in [-0.3, -0.25) is 4.79 Å². The monoisotopic (exact) mass is 387 g/mol. The van der Waals surface area contributed by atoms with Crippen molar-refractivity contribution in [1.29, 1.82) is 0 Å². The van der Waals surface area contributed by atoms with Crippen LogP contribution in [0.5, 0.6) is 0 Å². The maximum absolute atomic E-state index is 13.0. The zero-order valence-corrected chi connectivity index (χ0v) is 16.3. The highest BCUT2D eigenvalue weighted by Crippen LogP contribution is 2.32. The molecule has 146 valence electrons. The van der Waals surface area contributed by atoms with Crippen LogP contribution in [0.1, 0.15) is 15.9 Å². The van der Waals surface area contributed by atoms with E-state index in [9.17, 15) is 4.79 Å². The molecule has 0 saturated heterocycles. The molecule has 0 radical (unpaired) electrons. The van der Waals surface area contributed by atoms with E-state index in [1.54, 1.807) is 13.2 Å². The smallest absolute Gasteiger partial charge is 0.259 e. The fourth-order valence-electron chi connectivity index (χ4n) is 3.16. The molecule has 0 bridgehead atoms. The second-order valence-corrected chi connectivity index (χ2v) is 6.75. The van der Waals surface area contributed by atoms with Gasteiger partial charge in [0.2, 0.25) is 0 Å². The molecule has 0 fully saturated rings. The third kappa shape index (κ3) is 3.88. The summed E-state index contributed by atoms with van der Waals surface area (Å²) in [5.74, 6) is -0.219. The van der Waals surface area contributed by atoms with Gasteiger partial charge in [-0.15, -0.1) is 0 Å². The number of fused-ring (bicyclic) bond motifs is 1. The Hall–Kier alpha value is -3.51. The van der Waals surface area contributed by atoms with Gasteiger partial charge >= 0.3 is 0 Å². The molecule has 4 aromatic rings. The highest BCUT2D eigenvalue weighted by Gasteiger charge is 2.22. The number of hydrogen-bond donors (Lipinski definition) is 1. The average molecular weight is 387 g/mol. The van der Waals surface area contributed by atoms with E-state index >= 15 is 0 Å². The highest BCUT2D eigenvalue weighted by atomic mass is 16.5. The van der Waals surface area contributed by atoms with Crippen LogP contribution >= 0.6 is 0 Å². The normalized spacial score (nSPS) is 11.0. The molecule has 6 heteroatoms. The zero-order chi connectivity index (χ0) is 20.2. The Balaban J connectivity index is 1.87. The van der Waals surface area contributed by atoms with Gasteiger partial charge in [0.15, 0.2) is 0 Å². The second-order valence-electron chi connectivity index (χ2n) is 6.75. The van der Waals surface area contributed by atoms with E-state index < -0.39 is 0 Å². The summed E-state index contributed by atoms with van der Waals surface area (Å²) in [5, 5.41) is 7.71. The Morgan fingerprint density at radius 3 is 2.55 bits per heavy atom. The molecular weight excluding hydrogens is 366 g/mol. The number of carbonyl (C=O) groups is 1. The van der Waals surface area contributed by atoms with E-state index in [-0.39, 0.29) is 5.91 Å². The van der Waals surface area contributed by atoms with Crippen molar-refractivity contribution in [2.75, 3.05) is 20.3 Å². The van der Waals surface area contributed by atoms with Crippen molar-refractivity contribution in [2.24, 2.45) is 0 Å². The van der Waals surface area contributed by atoms with Crippen molar-refractivity contribution in [3.63, 3.8) is 0 Å². The molecule has 0 saturated carbocycles. The molecule has 0 spiro atoms. The number of rotatable bonds is 6. The topological polar surface area (TPSA) is 77.2 Å². The lowest BCUT2D eigenvalue weighted by atomic mass is 10.0. The van der Waals surface area contributed by atoms with Gasteiger partial charge in [-0.2, -0.15) is 0 Å². The van der Waals surface area contributed by atoms with Crippen LogP contribution in [-0.4, -0.2) is 36.3 Å². The quantitative estimate of drug-likeness (QED) is 0.501. The van der Waals surface area contributed by atoms with Crippen LogP contribution in [0.25, 0.3) is 33.6 Å². The zero-order valence-electron chi connectivity index (χ0n) is 16.3. The summed E-state index contributed by atoms with van der Waals surface area (Å²) in [6.07, 6.45) is 0. The van der Waals surface area contributed by atoms with Crippen LogP contribution < -0.4 is 5.32 Å². The fourth-order valence-corrected chi connectivity index (χ4v) is 3.16. The van der Waals surface area contributed by atoms with Gasteiger partial charge < -0.3 is 14.6 Å². The van der Waals surface area contributed by atoms with E-state index in [0.717, 1.165) is 16.7 Å². The molecule has 0 unspecified atom stereocenters. The van der Waals surface area contributed by atoms with Gasteiger partial charge in [0.1, 0.15) is 5.69 Å².